The number of nitrogens with one attached hydrogen (secondary N) is 1. The molecule has 0 aliphatic rings. The minimum Gasteiger partial charge on any atom is -0.378 e. The highest BCUT2D eigenvalue weighted by Crippen LogP contribution is 2.25. The molecule has 0 amide bonds. The minimum atomic E-state index is -0.409. The molecular formula is C15H15FN2O2. The predicted molar refractivity (Wildman–Crippen MR) is 76.3 cm³/mol. The molecule has 0 radical (unpaired) electrons. The lowest BCUT2D eigenvalue weighted by molar-refractivity contribution is -0.385. The van der Waals surface area contributed by atoms with Crippen LogP contribution in [0.2, 0.25) is 0 Å². The molecule has 0 spiro atoms. The van der Waals surface area contributed by atoms with Crippen molar-refractivity contribution in [2.75, 3.05) is 5.32 Å². The van der Waals surface area contributed by atoms with Crippen LogP contribution in [0.5, 0.6) is 0 Å². The van der Waals surface area contributed by atoms with E-state index in [2.05, 4.69) is 5.32 Å². The van der Waals surface area contributed by atoms with Crippen LogP contribution in [-0.2, 0) is 0 Å². The molecule has 1 atom stereocenters. The Morgan fingerprint density at radius 1 is 1.25 bits per heavy atom. The first-order valence-electron chi connectivity index (χ1n) is 6.24. The van der Waals surface area contributed by atoms with Crippen LogP contribution >= 0.6 is 0 Å². The summed E-state index contributed by atoms with van der Waals surface area (Å²) in [5.74, 6) is -0.300. The van der Waals surface area contributed by atoms with Crippen LogP contribution < -0.4 is 5.32 Å². The maximum absolute atomic E-state index is 13.2. The molecule has 0 aliphatic heterocycles. The van der Waals surface area contributed by atoms with Crippen molar-refractivity contribution >= 4 is 11.4 Å². The van der Waals surface area contributed by atoms with E-state index in [4.69, 9.17) is 0 Å². The average molecular weight is 274 g/mol. The summed E-state index contributed by atoms with van der Waals surface area (Å²) < 4.78 is 13.2. The van der Waals surface area contributed by atoms with Gasteiger partial charge in [0.05, 0.1) is 4.92 Å². The van der Waals surface area contributed by atoms with E-state index in [0.29, 0.717) is 11.3 Å². The van der Waals surface area contributed by atoms with E-state index in [9.17, 15) is 14.5 Å². The molecular weight excluding hydrogens is 259 g/mol. The third kappa shape index (κ3) is 3.12. The van der Waals surface area contributed by atoms with Gasteiger partial charge in [-0.1, -0.05) is 18.2 Å². The maximum Gasteiger partial charge on any atom is 0.274 e. The summed E-state index contributed by atoms with van der Waals surface area (Å²) in [6.45, 7) is 3.57. The van der Waals surface area contributed by atoms with Gasteiger partial charge < -0.3 is 5.32 Å². The maximum atomic E-state index is 13.2. The van der Waals surface area contributed by atoms with Crippen LogP contribution in [0.1, 0.15) is 24.1 Å². The Labute approximate surface area is 116 Å². The number of anilines is 1. The number of hydrogen-bond acceptors (Lipinski definition) is 3. The van der Waals surface area contributed by atoms with E-state index in [1.807, 2.05) is 13.0 Å². The third-order valence-corrected chi connectivity index (χ3v) is 3.14. The summed E-state index contributed by atoms with van der Waals surface area (Å²) in [6.07, 6.45) is 0. The highest BCUT2D eigenvalue weighted by molar-refractivity contribution is 5.55. The van der Waals surface area contributed by atoms with Gasteiger partial charge in [-0.15, -0.1) is 0 Å². The average Bonchev–Trinajstić information content (AvgIpc) is 2.40. The topological polar surface area (TPSA) is 55.2 Å². The summed E-state index contributed by atoms with van der Waals surface area (Å²) in [6, 6.07) is 11.1. The van der Waals surface area contributed by atoms with E-state index in [0.717, 1.165) is 5.56 Å². The zero-order chi connectivity index (χ0) is 14.7. The Bertz CT molecular complexity index is 644. The molecule has 20 heavy (non-hydrogen) atoms. The Morgan fingerprint density at radius 3 is 2.65 bits per heavy atom. The molecule has 1 unspecified atom stereocenters. The number of aryl methyl sites for hydroxylation is 1. The predicted octanol–water partition coefficient (Wildman–Crippen LogP) is 4.22. The lowest BCUT2D eigenvalue weighted by atomic mass is 10.1. The molecule has 2 aromatic carbocycles. The zero-order valence-electron chi connectivity index (χ0n) is 11.3. The van der Waals surface area contributed by atoms with Crippen molar-refractivity contribution in [3.8, 4) is 0 Å². The highest BCUT2D eigenvalue weighted by Gasteiger charge is 2.12. The number of rotatable bonds is 4. The Balaban J connectivity index is 2.22. The van der Waals surface area contributed by atoms with Crippen LogP contribution in [0.15, 0.2) is 42.5 Å². The van der Waals surface area contributed by atoms with Crippen molar-refractivity contribution < 1.29 is 9.31 Å². The number of nitro groups is 1. The molecule has 104 valence electrons. The summed E-state index contributed by atoms with van der Waals surface area (Å²) in [4.78, 5) is 10.5. The molecule has 0 saturated heterocycles. The number of hydrogen-bond donors (Lipinski definition) is 1. The van der Waals surface area contributed by atoms with Gasteiger partial charge >= 0.3 is 0 Å². The molecule has 0 aromatic heterocycles. The van der Waals surface area contributed by atoms with Crippen LogP contribution in [-0.4, -0.2) is 4.92 Å². The van der Waals surface area contributed by atoms with E-state index in [1.165, 1.54) is 18.2 Å². The Kier molecular flexibility index (Phi) is 3.98. The second-order valence-electron chi connectivity index (χ2n) is 4.68. The molecule has 0 saturated carbocycles. The number of benzene rings is 2. The summed E-state index contributed by atoms with van der Waals surface area (Å²) >= 11 is 0. The van der Waals surface area contributed by atoms with Crippen LogP contribution in [0.3, 0.4) is 0 Å². The molecule has 0 bridgehead atoms. The van der Waals surface area contributed by atoms with Crippen molar-refractivity contribution in [1.82, 2.24) is 0 Å². The van der Waals surface area contributed by atoms with Gasteiger partial charge in [-0.3, -0.25) is 10.1 Å². The van der Waals surface area contributed by atoms with Crippen molar-refractivity contribution in [2.45, 2.75) is 19.9 Å². The second kappa shape index (κ2) is 5.69. The fraction of sp³-hybridized carbons (Fsp3) is 0.200. The number of halogens is 1. The molecule has 2 rings (SSSR count). The third-order valence-electron chi connectivity index (χ3n) is 3.14. The molecule has 4 nitrogen and oxygen atoms in total. The molecule has 0 heterocycles. The van der Waals surface area contributed by atoms with Crippen LogP contribution in [0.25, 0.3) is 0 Å². The van der Waals surface area contributed by atoms with Crippen LogP contribution in [0.4, 0.5) is 15.8 Å². The molecule has 0 aliphatic carbocycles. The van der Waals surface area contributed by atoms with E-state index >= 15 is 0 Å². The smallest absolute Gasteiger partial charge is 0.274 e. The molecule has 5 heteroatoms. The molecule has 1 N–H and O–H groups in total. The zero-order valence-corrected chi connectivity index (χ0v) is 11.3. The van der Waals surface area contributed by atoms with Gasteiger partial charge in [-0.25, -0.2) is 4.39 Å². The normalized spacial score (nSPS) is 11.9. The van der Waals surface area contributed by atoms with E-state index < -0.39 is 4.92 Å². The first-order valence-corrected chi connectivity index (χ1v) is 6.24. The van der Waals surface area contributed by atoms with Crippen LogP contribution in [0, 0.1) is 22.9 Å². The van der Waals surface area contributed by atoms with Gasteiger partial charge in [0.25, 0.3) is 5.69 Å². The van der Waals surface area contributed by atoms with Gasteiger partial charge in [0.15, 0.2) is 0 Å². The summed E-state index contributed by atoms with van der Waals surface area (Å²) in [5.41, 5.74) is 2.10. The SMILES string of the molecule is Cc1ccc(NC(C)c2cccc(F)c2)cc1[N+](=O)[O-]. The van der Waals surface area contributed by atoms with Gasteiger partial charge in [-0.2, -0.15) is 0 Å². The van der Waals surface area contributed by atoms with Gasteiger partial charge in [-0.05, 0) is 37.6 Å². The fourth-order valence-corrected chi connectivity index (χ4v) is 2.01. The second-order valence-corrected chi connectivity index (χ2v) is 4.68. The monoisotopic (exact) mass is 274 g/mol. The number of nitro benzene ring substituents is 1. The first kappa shape index (κ1) is 14.0. The Morgan fingerprint density at radius 2 is 2.00 bits per heavy atom. The Hall–Kier alpha value is -2.43. The largest absolute Gasteiger partial charge is 0.378 e. The van der Waals surface area contributed by atoms with Gasteiger partial charge in [0.2, 0.25) is 0 Å². The van der Waals surface area contributed by atoms with Gasteiger partial charge in [0, 0.05) is 23.4 Å². The van der Waals surface area contributed by atoms with Gasteiger partial charge in [0.1, 0.15) is 5.82 Å². The van der Waals surface area contributed by atoms with Crippen molar-refractivity contribution in [3.63, 3.8) is 0 Å². The fourth-order valence-electron chi connectivity index (χ4n) is 2.01. The first-order chi connectivity index (χ1) is 9.47. The lowest BCUT2D eigenvalue weighted by Crippen LogP contribution is -2.07. The molecule has 2 aromatic rings. The van der Waals surface area contributed by atoms with E-state index in [1.54, 1.807) is 25.1 Å². The van der Waals surface area contributed by atoms with Crippen molar-refractivity contribution in [2.24, 2.45) is 0 Å². The minimum absolute atomic E-state index is 0.0708. The standard InChI is InChI=1S/C15H15FN2O2/c1-10-6-7-14(9-15(10)18(19)20)17-11(2)12-4-3-5-13(16)8-12/h3-9,11,17H,1-2H3. The van der Waals surface area contributed by atoms with E-state index in [-0.39, 0.29) is 17.5 Å². The lowest BCUT2D eigenvalue weighted by Gasteiger charge is -2.16. The van der Waals surface area contributed by atoms with Crippen molar-refractivity contribution in [1.29, 1.82) is 0 Å². The summed E-state index contributed by atoms with van der Waals surface area (Å²) in [5, 5.41) is 14.0. The highest BCUT2D eigenvalue weighted by atomic mass is 19.1. The van der Waals surface area contributed by atoms with Crippen molar-refractivity contribution in [3.05, 3.63) is 69.5 Å². The summed E-state index contributed by atoms with van der Waals surface area (Å²) in [7, 11) is 0. The quantitative estimate of drug-likeness (QED) is 0.671. The number of nitrogens with zero attached hydrogens (tertiary/aromatic N) is 1. The molecule has 0 fully saturated rings.